The first-order valence-electron chi connectivity index (χ1n) is 6.78. The van der Waals surface area contributed by atoms with E-state index < -0.39 is 0 Å². The van der Waals surface area contributed by atoms with E-state index in [4.69, 9.17) is 4.74 Å². The molecular formula is C15H18N2O2. The van der Waals surface area contributed by atoms with E-state index >= 15 is 0 Å². The third kappa shape index (κ3) is 2.79. The van der Waals surface area contributed by atoms with Crippen molar-refractivity contribution < 1.29 is 4.74 Å². The Hall–Kier alpha value is -1.81. The molecule has 0 bridgehead atoms. The molecular weight excluding hydrogens is 240 g/mol. The lowest BCUT2D eigenvalue weighted by atomic mass is 9.99. The average molecular weight is 258 g/mol. The van der Waals surface area contributed by atoms with Gasteiger partial charge in [0.25, 0.3) is 5.56 Å². The number of hydrogen-bond acceptors (Lipinski definition) is 3. The Morgan fingerprint density at radius 2 is 2.05 bits per heavy atom. The van der Waals surface area contributed by atoms with E-state index in [1.807, 2.05) is 24.3 Å². The number of pyridine rings is 1. The molecule has 4 heteroatoms. The summed E-state index contributed by atoms with van der Waals surface area (Å²) in [6.45, 7) is 2.93. The minimum atomic E-state index is -0.0533. The number of rotatable bonds is 3. The molecule has 0 amide bonds. The quantitative estimate of drug-likeness (QED) is 0.884. The van der Waals surface area contributed by atoms with Gasteiger partial charge in [0, 0.05) is 11.6 Å². The lowest BCUT2D eigenvalue weighted by Crippen LogP contribution is -2.30. The Morgan fingerprint density at radius 1 is 1.21 bits per heavy atom. The molecule has 2 heterocycles. The first-order chi connectivity index (χ1) is 9.33. The molecule has 0 aliphatic carbocycles. The molecule has 2 aromatic rings. The van der Waals surface area contributed by atoms with Gasteiger partial charge in [-0.1, -0.05) is 0 Å². The second kappa shape index (κ2) is 5.45. The maximum Gasteiger partial charge on any atom is 0.255 e. The van der Waals surface area contributed by atoms with E-state index in [0.717, 1.165) is 30.8 Å². The SMILES string of the molecule is O=c1[nH]ccc2cc(OCC3CCNCC3)ccc12. The topological polar surface area (TPSA) is 54.1 Å². The van der Waals surface area contributed by atoms with Crippen LogP contribution in [-0.2, 0) is 0 Å². The van der Waals surface area contributed by atoms with Gasteiger partial charge in [-0.05, 0) is 61.5 Å². The first-order valence-corrected chi connectivity index (χ1v) is 6.78. The van der Waals surface area contributed by atoms with Gasteiger partial charge >= 0.3 is 0 Å². The van der Waals surface area contributed by atoms with Crippen LogP contribution in [0.3, 0.4) is 0 Å². The predicted molar refractivity (Wildman–Crippen MR) is 75.7 cm³/mol. The summed E-state index contributed by atoms with van der Waals surface area (Å²) in [6, 6.07) is 7.53. The van der Waals surface area contributed by atoms with E-state index in [0.29, 0.717) is 11.3 Å². The van der Waals surface area contributed by atoms with Gasteiger partial charge in [-0.25, -0.2) is 0 Å². The maximum atomic E-state index is 11.6. The number of hydrogen-bond donors (Lipinski definition) is 2. The number of aromatic nitrogens is 1. The normalized spacial score (nSPS) is 16.6. The van der Waals surface area contributed by atoms with Crippen LogP contribution in [0.2, 0.25) is 0 Å². The van der Waals surface area contributed by atoms with Crippen LogP contribution in [0.15, 0.2) is 35.3 Å². The minimum absolute atomic E-state index is 0.0533. The summed E-state index contributed by atoms with van der Waals surface area (Å²) in [6.07, 6.45) is 4.02. The van der Waals surface area contributed by atoms with Crippen molar-refractivity contribution in [3.05, 3.63) is 40.8 Å². The molecule has 0 saturated carbocycles. The molecule has 3 rings (SSSR count). The molecule has 19 heavy (non-hydrogen) atoms. The number of aromatic amines is 1. The molecule has 1 saturated heterocycles. The van der Waals surface area contributed by atoms with Crippen LogP contribution < -0.4 is 15.6 Å². The highest BCUT2D eigenvalue weighted by Gasteiger charge is 2.13. The van der Waals surface area contributed by atoms with E-state index in [9.17, 15) is 4.79 Å². The van der Waals surface area contributed by atoms with E-state index in [1.165, 1.54) is 12.8 Å². The molecule has 0 radical (unpaired) electrons. The molecule has 0 spiro atoms. The highest BCUT2D eigenvalue weighted by molar-refractivity contribution is 5.82. The third-order valence-corrected chi connectivity index (χ3v) is 3.69. The standard InChI is InChI=1S/C15H18N2O2/c18-15-14-2-1-13(9-12(14)5-8-17-15)19-10-11-3-6-16-7-4-11/h1-2,5,8-9,11,16H,3-4,6-7,10H2,(H,17,18). The zero-order chi connectivity index (χ0) is 13.1. The van der Waals surface area contributed by atoms with E-state index in [-0.39, 0.29) is 5.56 Å². The van der Waals surface area contributed by atoms with Crippen LogP contribution in [0, 0.1) is 5.92 Å². The number of H-pyrrole nitrogens is 1. The van der Waals surface area contributed by atoms with Gasteiger partial charge in [0.1, 0.15) is 5.75 Å². The minimum Gasteiger partial charge on any atom is -0.493 e. The second-order valence-electron chi connectivity index (χ2n) is 5.06. The number of nitrogens with one attached hydrogen (secondary N) is 2. The zero-order valence-corrected chi connectivity index (χ0v) is 10.8. The Bertz CT molecular complexity index is 615. The van der Waals surface area contributed by atoms with Gasteiger partial charge in [0.2, 0.25) is 0 Å². The van der Waals surface area contributed by atoms with Gasteiger partial charge in [-0.15, -0.1) is 0 Å². The molecule has 1 aromatic carbocycles. The summed E-state index contributed by atoms with van der Waals surface area (Å²) in [5.74, 6) is 1.48. The summed E-state index contributed by atoms with van der Waals surface area (Å²) < 4.78 is 5.85. The Morgan fingerprint density at radius 3 is 2.89 bits per heavy atom. The summed E-state index contributed by atoms with van der Waals surface area (Å²) >= 11 is 0. The monoisotopic (exact) mass is 258 g/mol. The van der Waals surface area contributed by atoms with E-state index in [2.05, 4.69) is 10.3 Å². The van der Waals surface area contributed by atoms with Crippen LogP contribution in [0.5, 0.6) is 5.75 Å². The van der Waals surface area contributed by atoms with E-state index in [1.54, 1.807) is 6.20 Å². The molecule has 1 aromatic heterocycles. The van der Waals surface area contributed by atoms with Crippen LogP contribution in [0.25, 0.3) is 10.8 Å². The predicted octanol–water partition coefficient (Wildman–Crippen LogP) is 1.91. The van der Waals surface area contributed by atoms with Crippen molar-refractivity contribution in [3.63, 3.8) is 0 Å². The smallest absolute Gasteiger partial charge is 0.255 e. The Kier molecular flexibility index (Phi) is 3.51. The Labute approximate surface area is 111 Å². The van der Waals surface area contributed by atoms with Crippen molar-refractivity contribution in [1.82, 2.24) is 10.3 Å². The van der Waals surface area contributed by atoms with Crippen molar-refractivity contribution in [1.29, 1.82) is 0 Å². The summed E-state index contributed by atoms with van der Waals surface area (Å²) in [4.78, 5) is 14.3. The van der Waals surface area contributed by atoms with Crippen molar-refractivity contribution in [2.24, 2.45) is 5.92 Å². The molecule has 2 N–H and O–H groups in total. The Balaban J connectivity index is 1.72. The van der Waals surface area contributed by atoms with Crippen molar-refractivity contribution in [3.8, 4) is 5.75 Å². The highest BCUT2D eigenvalue weighted by atomic mass is 16.5. The molecule has 0 unspecified atom stereocenters. The molecule has 0 atom stereocenters. The fraction of sp³-hybridized carbons (Fsp3) is 0.400. The average Bonchev–Trinajstić information content (AvgIpc) is 2.46. The first kappa shape index (κ1) is 12.2. The molecule has 100 valence electrons. The maximum absolute atomic E-state index is 11.6. The zero-order valence-electron chi connectivity index (χ0n) is 10.8. The van der Waals surface area contributed by atoms with Crippen molar-refractivity contribution in [2.75, 3.05) is 19.7 Å². The number of ether oxygens (including phenoxy) is 1. The molecule has 1 aliphatic rings. The number of fused-ring (bicyclic) bond motifs is 1. The number of piperidine rings is 1. The summed E-state index contributed by atoms with van der Waals surface area (Å²) in [7, 11) is 0. The molecule has 1 fully saturated rings. The largest absolute Gasteiger partial charge is 0.493 e. The van der Waals surface area contributed by atoms with Crippen molar-refractivity contribution in [2.45, 2.75) is 12.8 Å². The van der Waals surface area contributed by atoms with Crippen LogP contribution in [0.1, 0.15) is 12.8 Å². The summed E-state index contributed by atoms with van der Waals surface area (Å²) in [5, 5.41) is 4.98. The van der Waals surface area contributed by atoms with Crippen LogP contribution >= 0.6 is 0 Å². The number of benzene rings is 1. The lowest BCUT2D eigenvalue weighted by molar-refractivity contribution is 0.215. The van der Waals surface area contributed by atoms with Gasteiger partial charge in [0.05, 0.1) is 6.61 Å². The fourth-order valence-electron chi connectivity index (χ4n) is 2.52. The van der Waals surface area contributed by atoms with Gasteiger partial charge < -0.3 is 15.0 Å². The van der Waals surface area contributed by atoms with Crippen LogP contribution in [0.4, 0.5) is 0 Å². The lowest BCUT2D eigenvalue weighted by Gasteiger charge is -2.22. The van der Waals surface area contributed by atoms with Gasteiger partial charge in [-0.2, -0.15) is 0 Å². The second-order valence-corrected chi connectivity index (χ2v) is 5.06. The molecule has 4 nitrogen and oxygen atoms in total. The van der Waals surface area contributed by atoms with Gasteiger partial charge in [0.15, 0.2) is 0 Å². The van der Waals surface area contributed by atoms with Gasteiger partial charge in [-0.3, -0.25) is 4.79 Å². The third-order valence-electron chi connectivity index (χ3n) is 3.69. The van der Waals surface area contributed by atoms with Crippen molar-refractivity contribution >= 4 is 10.8 Å². The summed E-state index contributed by atoms with van der Waals surface area (Å²) in [5.41, 5.74) is -0.0533. The van der Waals surface area contributed by atoms with Crippen LogP contribution in [-0.4, -0.2) is 24.7 Å². The highest BCUT2D eigenvalue weighted by Crippen LogP contribution is 2.20. The fourth-order valence-corrected chi connectivity index (χ4v) is 2.52. The molecule has 1 aliphatic heterocycles.